The van der Waals surface area contributed by atoms with Crippen LogP contribution >= 0.6 is 0 Å². The molecule has 0 radical (unpaired) electrons. The Kier molecular flexibility index (Phi) is 5.46. The molecule has 0 unspecified atom stereocenters. The summed E-state index contributed by atoms with van der Waals surface area (Å²) >= 11 is 0. The lowest BCUT2D eigenvalue weighted by Crippen LogP contribution is -2.25. The fraction of sp³-hybridized carbons (Fsp3) is 0.238. The highest BCUT2D eigenvalue weighted by Gasteiger charge is 2.24. The zero-order valence-corrected chi connectivity index (χ0v) is 16.6. The predicted molar refractivity (Wildman–Crippen MR) is 110 cm³/mol. The Balaban J connectivity index is 1.37. The van der Waals surface area contributed by atoms with Gasteiger partial charge in [0.2, 0.25) is 10.0 Å². The van der Waals surface area contributed by atoms with Gasteiger partial charge in [-0.25, -0.2) is 13.1 Å². The van der Waals surface area contributed by atoms with Crippen LogP contribution in [0, 0.1) is 5.92 Å². The predicted octanol–water partition coefficient (Wildman–Crippen LogP) is 2.87. The number of aromatic nitrogens is 2. The SMILES string of the molecule is O=C(Nc1ccc(S(=O)(=O)NCC2CC2)cc1)c1cnn(Cc2ccccc2)c1. The topological polar surface area (TPSA) is 93.1 Å². The van der Waals surface area contributed by atoms with Crippen molar-refractivity contribution in [3.8, 4) is 0 Å². The lowest BCUT2D eigenvalue weighted by atomic mass is 10.2. The van der Waals surface area contributed by atoms with Gasteiger partial charge in [-0.15, -0.1) is 0 Å². The molecule has 8 heteroatoms. The van der Waals surface area contributed by atoms with E-state index < -0.39 is 10.0 Å². The number of hydrogen-bond acceptors (Lipinski definition) is 4. The first-order chi connectivity index (χ1) is 14.0. The number of nitrogens with zero attached hydrogens (tertiary/aromatic N) is 2. The maximum Gasteiger partial charge on any atom is 0.258 e. The first-order valence-electron chi connectivity index (χ1n) is 9.47. The number of nitrogens with one attached hydrogen (secondary N) is 2. The average Bonchev–Trinajstić information content (AvgIpc) is 3.45. The molecule has 1 aromatic heterocycles. The van der Waals surface area contributed by atoms with Crippen LogP contribution in [0.4, 0.5) is 5.69 Å². The van der Waals surface area contributed by atoms with Gasteiger partial charge in [0.25, 0.3) is 5.91 Å². The van der Waals surface area contributed by atoms with Crippen LogP contribution in [0.3, 0.4) is 0 Å². The maximum atomic E-state index is 12.5. The Hall–Kier alpha value is -2.97. The van der Waals surface area contributed by atoms with Crippen LogP contribution < -0.4 is 10.0 Å². The van der Waals surface area contributed by atoms with Gasteiger partial charge in [0, 0.05) is 18.4 Å². The summed E-state index contributed by atoms with van der Waals surface area (Å²) in [6.45, 7) is 1.06. The van der Waals surface area contributed by atoms with E-state index in [0.717, 1.165) is 18.4 Å². The highest BCUT2D eigenvalue weighted by atomic mass is 32.2. The molecule has 150 valence electrons. The Morgan fingerprint density at radius 2 is 1.79 bits per heavy atom. The molecule has 0 saturated heterocycles. The van der Waals surface area contributed by atoms with Crippen LogP contribution in [-0.4, -0.2) is 30.7 Å². The standard InChI is InChI=1S/C21H22N4O3S/c26-21(18-13-22-25(15-18)14-17-4-2-1-3-5-17)24-19-8-10-20(11-9-19)29(27,28)23-12-16-6-7-16/h1-5,8-11,13,15-16,23H,6-7,12,14H2,(H,24,26). The third kappa shape index (κ3) is 5.10. The van der Waals surface area contributed by atoms with Gasteiger partial charge < -0.3 is 5.32 Å². The number of amides is 1. The molecule has 1 heterocycles. The third-order valence-corrected chi connectivity index (χ3v) is 6.20. The average molecular weight is 410 g/mol. The molecule has 0 spiro atoms. The second-order valence-electron chi connectivity index (χ2n) is 7.19. The van der Waals surface area contributed by atoms with Crippen LogP contribution in [0.25, 0.3) is 0 Å². The van der Waals surface area contributed by atoms with E-state index >= 15 is 0 Å². The molecule has 1 amide bonds. The summed E-state index contributed by atoms with van der Waals surface area (Å²) in [4.78, 5) is 12.6. The van der Waals surface area contributed by atoms with E-state index in [9.17, 15) is 13.2 Å². The zero-order chi connectivity index (χ0) is 20.3. The number of sulfonamides is 1. The fourth-order valence-corrected chi connectivity index (χ4v) is 4.01. The van der Waals surface area contributed by atoms with Gasteiger partial charge in [-0.2, -0.15) is 5.10 Å². The van der Waals surface area contributed by atoms with Crippen LogP contribution in [0.2, 0.25) is 0 Å². The van der Waals surface area contributed by atoms with E-state index in [-0.39, 0.29) is 10.8 Å². The molecule has 1 saturated carbocycles. The van der Waals surface area contributed by atoms with Crippen molar-refractivity contribution in [2.45, 2.75) is 24.3 Å². The number of carbonyl (C=O) groups is 1. The van der Waals surface area contributed by atoms with Crippen molar-refractivity contribution in [1.82, 2.24) is 14.5 Å². The molecule has 0 bridgehead atoms. The van der Waals surface area contributed by atoms with E-state index in [1.165, 1.54) is 18.3 Å². The van der Waals surface area contributed by atoms with Crippen LogP contribution in [0.15, 0.2) is 71.9 Å². The van der Waals surface area contributed by atoms with Crippen molar-refractivity contribution in [3.05, 3.63) is 78.1 Å². The number of rotatable bonds is 8. The Morgan fingerprint density at radius 1 is 1.07 bits per heavy atom. The highest BCUT2D eigenvalue weighted by Crippen LogP contribution is 2.28. The molecule has 0 aliphatic heterocycles. The fourth-order valence-electron chi connectivity index (χ4n) is 2.89. The first-order valence-corrected chi connectivity index (χ1v) is 11.0. The van der Waals surface area contributed by atoms with Gasteiger partial charge in [0.1, 0.15) is 0 Å². The van der Waals surface area contributed by atoms with Crippen LogP contribution in [0.5, 0.6) is 0 Å². The molecule has 4 rings (SSSR count). The summed E-state index contributed by atoms with van der Waals surface area (Å²) in [5.74, 6) is 0.165. The molecule has 1 fully saturated rings. The molecular formula is C21H22N4O3S. The van der Waals surface area contributed by atoms with Gasteiger partial charge >= 0.3 is 0 Å². The first kappa shape index (κ1) is 19.4. The van der Waals surface area contributed by atoms with Crippen LogP contribution in [0.1, 0.15) is 28.8 Å². The minimum Gasteiger partial charge on any atom is -0.322 e. The molecule has 3 aromatic rings. The molecule has 29 heavy (non-hydrogen) atoms. The Morgan fingerprint density at radius 3 is 2.48 bits per heavy atom. The summed E-state index contributed by atoms with van der Waals surface area (Å²) < 4.78 is 28.8. The van der Waals surface area contributed by atoms with E-state index in [0.29, 0.717) is 30.3 Å². The number of carbonyl (C=O) groups excluding carboxylic acids is 1. The van der Waals surface area contributed by atoms with Crippen molar-refractivity contribution in [1.29, 1.82) is 0 Å². The summed E-state index contributed by atoms with van der Waals surface area (Å²) in [7, 11) is -3.52. The minimum absolute atomic E-state index is 0.187. The molecular weight excluding hydrogens is 388 g/mol. The van der Waals surface area contributed by atoms with Crippen molar-refractivity contribution in [3.63, 3.8) is 0 Å². The number of hydrogen-bond donors (Lipinski definition) is 2. The van der Waals surface area contributed by atoms with E-state index in [1.807, 2.05) is 30.3 Å². The molecule has 2 N–H and O–H groups in total. The second-order valence-corrected chi connectivity index (χ2v) is 8.95. The summed E-state index contributed by atoms with van der Waals surface area (Å²) in [5.41, 5.74) is 2.05. The zero-order valence-electron chi connectivity index (χ0n) is 15.8. The minimum atomic E-state index is -3.52. The highest BCUT2D eigenvalue weighted by molar-refractivity contribution is 7.89. The van der Waals surface area contributed by atoms with Crippen LogP contribution in [-0.2, 0) is 16.6 Å². The number of anilines is 1. The molecule has 1 aliphatic carbocycles. The quantitative estimate of drug-likeness (QED) is 0.597. The van der Waals surface area contributed by atoms with Gasteiger partial charge in [0.15, 0.2) is 0 Å². The maximum absolute atomic E-state index is 12.5. The van der Waals surface area contributed by atoms with Crippen molar-refractivity contribution < 1.29 is 13.2 Å². The summed E-state index contributed by atoms with van der Waals surface area (Å²) in [6.07, 6.45) is 5.35. The summed E-state index contributed by atoms with van der Waals surface area (Å²) in [6, 6.07) is 16.0. The molecule has 0 atom stereocenters. The number of benzene rings is 2. The van der Waals surface area contributed by atoms with Crippen molar-refractivity contribution in [2.24, 2.45) is 5.92 Å². The third-order valence-electron chi connectivity index (χ3n) is 4.76. The smallest absolute Gasteiger partial charge is 0.258 e. The lowest BCUT2D eigenvalue weighted by molar-refractivity contribution is 0.102. The van der Waals surface area contributed by atoms with Crippen molar-refractivity contribution in [2.75, 3.05) is 11.9 Å². The molecule has 1 aliphatic rings. The van der Waals surface area contributed by atoms with Crippen molar-refractivity contribution >= 4 is 21.6 Å². The summed E-state index contributed by atoms with van der Waals surface area (Å²) in [5, 5.41) is 7.00. The van der Waals surface area contributed by atoms with Gasteiger partial charge in [-0.3, -0.25) is 9.48 Å². The monoisotopic (exact) mass is 410 g/mol. The Bertz CT molecular complexity index is 1090. The van der Waals surface area contributed by atoms with Gasteiger partial charge in [-0.1, -0.05) is 30.3 Å². The normalized spacial score (nSPS) is 13.9. The van der Waals surface area contributed by atoms with Gasteiger partial charge in [0.05, 0.1) is 23.2 Å². The van der Waals surface area contributed by atoms with E-state index in [1.54, 1.807) is 23.0 Å². The molecule has 2 aromatic carbocycles. The van der Waals surface area contributed by atoms with E-state index in [4.69, 9.17) is 0 Å². The van der Waals surface area contributed by atoms with Gasteiger partial charge in [-0.05, 0) is 48.6 Å². The van der Waals surface area contributed by atoms with E-state index in [2.05, 4.69) is 15.1 Å². The molecule has 7 nitrogen and oxygen atoms in total. The Labute approximate surface area is 169 Å². The lowest BCUT2D eigenvalue weighted by Gasteiger charge is -2.08. The second kappa shape index (κ2) is 8.18. The largest absolute Gasteiger partial charge is 0.322 e.